The second kappa shape index (κ2) is 14.1. The molecule has 0 spiro atoms. The molecule has 0 amide bonds. The molecular weight excluding hydrogens is 757 g/mol. The fraction of sp³-hybridized carbons (Fsp3) is 0.0169. The summed E-state index contributed by atoms with van der Waals surface area (Å²) in [6.45, 7) is 2.17. The lowest BCUT2D eigenvalue weighted by Crippen LogP contribution is -1.93. The highest BCUT2D eigenvalue weighted by atomic mass is 32.1. The van der Waals surface area contributed by atoms with E-state index in [1.54, 1.807) is 0 Å². The number of thiol groups is 1. The highest BCUT2D eigenvalue weighted by Gasteiger charge is 2.23. The molecule has 0 atom stereocenters. The number of hydrogen-bond acceptors (Lipinski definition) is 2. The molecule has 0 saturated carbocycles. The van der Waals surface area contributed by atoms with Gasteiger partial charge in [-0.3, -0.25) is 0 Å². The third kappa shape index (κ3) is 5.49. The van der Waals surface area contributed by atoms with Gasteiger partial charge < -0.3 is 4.42 Å². The average Bonchev–Trinajstić information content (AvgIpc) is 3.69. The molecule has 12 rings (SSSR count). The minimum Gasteiger partial charge on any atom is -0.455 e. The molecular formula is C59H38OS. The van der Waals surface area contributed by atoms with Gasteiger partial charge in [-0.15, -0.1) is 12.6 Å². The van der Waals surface area contributed by atoms with Crippen LogP contribution in [0, 0.1) is 6.92 Å². The van der Waals surface area contributed by atoms with Crippen LogP contribution in [0.15, 0.2) is 216 Å². The summed E-state index contributed by atoms with van der Waals surface area (Å²) < 4.78 is 7.10. The number of hydrogen-bond donors (Lipinski definition) is 1. The Kier molecular flexibility index (Phi) is 8.23. The minimum absolute atomic E-state index is 0.871. The van der Waals surface area contributed by atoms with Crippen molar-refractivity contribution in [1.82, 2.24) is 0 Å². The number of fused-ring (bicyclic) bond motifs is 7. The molecule has 0 radical (unpaired) electrons. The summed E-state index contributed by atoms with van der Waals surface area (Å²) in [7, 11) is 0. The number of para-hydroxylation sites is 1. The first kappa shape index (κ1) is 35.5. The number of benzene rings is 11. The third-order valence-corrected chi connectivity index (χ3v) is 13.2. The molecule has 0 bridgehead atoms. The molecule has 1 nitrogen and oxygen atoms in total. The maximum Gasteiger partial charge on any atom is 0.143 e. The van der Waals surface area contributed by atoms with Crippen molar-refractivity contribution in [2.75, 3.05) is 0 Å². The molecule has 286 valence electrons. The predicted octanol–water partition coefficient (Wildman–Crippen LogP) is 17.1. The predicted molar refractivity (Wildman–Crippen MR) is 263 cm³/mol. The zero-order valence-corrected chi connectivity index (χ0v) is 34.4. The van der Waals surface area contributed by atoms with Gasteiger partial charge in [0.05, 0.1) is 0 Å². The SMILES string of the molecule is Cc1ccccc1-c1cccc(-c2c3ccccc3c(-c3ccc4c(c3)oc3c(-c5c6ccccc6c(-c6ccccc6)c6ccccc56)cccc34)c3ccccc23)c1S. The Morgan fingerprint density at radius 3 is 1.33 bits per heavy atom. The Balaban J connectivity index is 1.08. The molecule has 12 aromatic rings. The van der Waals surface area contributed by atoms with E-state index in [0.29, 0.717) is 0 Å². The molecule has 1 aromatic heterocycles. The molecule has 1 heterocycles. The summed E-state index contributed by atoms with van der Waals surface area (Å²) in [6, 6.07) is 74.6. The lowest BCUT2D eigenvalue weighted by Gasteiger charge is -2.20. The minimum atomic E-state index is 0.871. The smallest absolute Gasteiger partial charge is 0.143 e. The second-order valence-electron chi connectivity index (χ2n) is 16.1. The Bertz CT molecular complexity index is 3610. The van der Waals surface area contributed by atoms with Crippen LogP contribution in [0.3, 0.4) is 0 Å². The van der Waals surface area contributed by atoms with E-state index in [-0.39, 0.29) is 0 Å². The van der Waals surface area contributed by atoms with Crippen molar-refractivity contribution in [2.24, 2.45) is 0 Å². The molecule has 0 saturated heterocycles. The molecule has 11 aromatic carbocycles. The second-order valence-corrected chi connectivity index (χ2v) is 16.5. The van der Waals surface area contributed by atoms with Crippen LogP contribution in [-0.4, -0.2) is 0 Å². The van der Waals surface area contributed by atoms with Crippen LogP contribution in [-0.2, 0) is 0 Å². The van der Waals surface area contributed by atoms with Crippen molar-refractivity contribution in [3.63, 3.8) is 0 Å². The largest absolute Gasteiger partial charge is 0.455 e. The molecule has 0 aliphatic rings. The molecule has 2 heteroatoms. The third-order valence-electron chi connectivity index (χ3n) is 12.7. The van der Waals surface area contributed by atoms with Gasteiger partial charge in [-0.05, 0) is 112 Å². The molecule has 0 aliphatic carbocycles. The van der Waals surface area contributed by atoms with E-state index in [2.05, 4.69) is 213 Å². The standard InChI is InChI=1S/C59H38OS/c1-36-17-5-6-20-39(36)50-30-16-32-52(59(50)61)57-47-27-13-9-23-43(47)55(44-24-10-14-28-48(44)57)38-33-34-40-49-29-15-31-51(58(49)60-53(40)35-38)56-45-25-11-7-21-41(45)54(37-18-3-2-4-19-37)42-22-8-12-26-46(42)56/h2-35,61H,1H3. The van der Waals surface area contributed by atoms with Crippen molar-refractivity contribution < 1.29 is 4.42 Å². The first-order valence-corrected chi connectivity index (χ1v) is 21.4. The van der Waals surface area contributed by atoms with Gasteiger partial charge in [0, 0.05) is 26.8 Å². The van der Waals surface area contributed by atoms with E-state index in [9.17, 15) is 0 Å². The van der Waals surface area contributed by atoms with Gasteiger partial charge in [-0.2, -0.15) is 0 Å². The summed E-state index contributed by atoms with van der Waals surface area (Å²) in [5.41, 5.74) is 14.7. The van der Waals surface area contributed by atoms with Crippen LogP contribution in [0.5, 0.6) is 0 Å². The van der Waals surface area contributed by atoms with Gasteiger partial charge >= 0.3 is 0 Å². The Morgan fingerprint density at radius 2 is 0.738 bits per heavy atom. The van der Waals surface area contributed by atoms with Crippen LogP contribution in [0.4, 0.5) is 0 Å². The van der Waals surface area contributed by atoms with E-state index < -0.39 is 0 Å². The molecule has 0 unspecified atom stereocenters. The molecule has 0 aliphatic heterocycles. The van der Waals surface area contributed by atoms with Crippen molar-refractivity contribution in [1.29, 1.82) is 0 Å². The molecule has 0 N–H and O–H groups in total. The lowest BCUT2D eigenvalue weighted by atomic mass is 9.85. The van der Waals surface area contributed by atoms with Crippen LogP contribution < -0.4 is 0 Å². The Labute approximate surface area is 359 Å². The topological polar surface area (TPSA) is 13.1 Å². The van der Waals surface area contributed by atoms with Gasteiger partial charge in [-0.25, -0.2) is 0 Å². The van der Waals surface area contributed by atoms with E-state index in [0.717, 1.165) is 49.1 Å². The first-order chi connectivity index (χ1) is 30.1. The van der Waals surface area contributed by atoms with Crippen molar-refractivity contribution in [3.8, 4) is 55.6 Å². The normalized spacial score (nSPS) is 11.8. The maximum atomic E-state index is 7.10. The van der Waals surface area contributed by atoms with Crippen molar-refractivity contribution in [2.45, 2.75) is 11.8 Å². The number of furan rings is 1. The number of aryl methyl sites for hydroxylation is 1. The fourth-order valence-electron chi connectivity index (χ4n) is 10.1. The average molecular weight is 795 g/mol. The zero-order chi connectivity index (χ0) is 40.6. The van der Waals surface area contributed by atoms with Crippen LogP contribution >= 0.6 is 12.6 Å². The first-order valence-electron chi connectivity index (χ1n) is 20.9. The van der Waals surface area contributed by atoms with Gasteiger partial charge in [0.15, 0.2) is 0 Å². The van der Waals surface area contributed by atoms with Gasteiger partial charge in [0.2, 0.25) is 0 Å². The van der Waals surface area contributed by atoms with E-state index in [1.807, 2.05) is 0 Å². The summed E-state index contributed by atoms with van der Waals surface area (Å²) in [6.07, 6.45) is 0. The quantitative estimate of drug-likeness (QED) is 0.135. The molecule has 61 heavy (non-hydrogen) atoms. The molecule has 0 fully saturated rings. The zero-order valence-electron chi connectivity index (χ0n) is 33.5. The van der Waals surface area contributed by atoms with Gasteiger partial charge in [-0.1, -0.05) is 194 Å². The highest BCUT2D eigenvalue weighted by molar-refractivity contribution is 7.80. The number of rotatable bonds is 5. The van der Waals surface area contributed by atoms with Gasteiger partial charge in [0.25, 0.3) is 0 Å². The summed E-state index contributed by atoms with van der Waals surface area (Å²) in [5, 5.41) is 11.9. The Morgan fingerprint density at radius 1 is 0.311 bits per heavy atom. The van der Waals surface area contributed by atoms with Gasteiger partial charge in [0.1, 0.15) is 11.2 Å². The van der Waals surface area contributed by atoms with E-state index in [4.69, 9.17) is 17.0 Å². The summed E-state index contributed by atoms with van der Waals surface area (Å²) >= 11 is 5.28. The Hall–Kier alpha value is -7.39. The summed E-state index contributed by atoms with van der Waals surface area (Å²) in [5.74, 6) is 0. The van der Waals surface area contributed by atoms with Crippen LogP contribution in [0.2, 0.25) is 0 Å². The van der Waals surface area contributed by atoms with Crippen LogP contribution in [0.1, 0.15) is 5.56 Å². The van der Waals surface area contributed by atoms with E-state index >= 15 is 0 Å². The van der Waals surface area contributed by atoms with E-state index in [1.165, 1.54) is 82.0 Å². The van der Waals surface area contributed by atoms with Crippen molar-refractivity contribution in [3.05, 3.63) is 212 Å². The lowest BCUT2D eigenvalue weighted by molar-refractivity contribution is 0.670. The highest BCUT2D eigenvalue weighted by Crippen LogP contribution is 2.49. The summed E-state index contributed by atoms with van der Waals surface area (Å²) in [4.78, 5) is 0.981. The fourth-order valence-corrected chi connectivity index (χ4v) is 10.4. The van der Waals surface area contributed by atoms with Crippen LogP contribution in [0.25, 0.3) is 121 Å². The maximum absolute atomic E-state index is 7.10. The monoisotopic (exact) mass is 794 g/mol. The van der Waals surface area contributed by atoms with Crippen molar-refractivity contribution >= 4 is 77.7 Å².